The summed E-state index contributed by atoms with van der Waals surface area (Å²) in [7, 11) is 0. The first-order chi connectivity index (χ1) is 13.0. The van der Waals surface area contributed by atoms with Crippen molar-refractivity contribution >= 4 is 51.3 Å². The van der Waals surface area contributed by atoms with Crippen LogP contribution in [0.4, 0.5) is 10.8 Å². The van der Waals surface area contributed by atoms with Crippen LogP contribution < -0.4 is 10.2 Å². The number of carbonyl (C=O) groups is 1. The van der Waals surface area contributed by atoms with Crippen LogP contribution >= 0.6 is 34.5 Å². The monoisotopic (exact) mass is 419 g/mol. The zero-order valence-corrected chi connectivity index (χ0v) is 17.3. The highest BCUT2D eigenvalue weighted by Crippen LogP contribution is 2.29. The van der Waals surface area contributed by atoms with Crippen molar-refractivity contribution in [1.29, 1.82) is 0 Å². The third-order valence-corrected chi connectivity index (χ3v) is 5.76. The Hall–Kier alpha value is -2.08. The highest BCUT2D eigenvalue weighted by molar-refractivity contribution is 7.14. The topological polar surface area (TPSA) is 45.2 Å². The van der Waals surface area contributed by atoms with Gasteiger partial charge in [-0.15, -0.1) is 11.3 Å². The van der Waals surface area contributed by atoms with Crippen LogP contribution in [-0.2, 0) is 0 Å². The van der Waals surface area contributed by atoms with Crippen molar-refractivity contribution in [2.75, 3.05) is 23.3 Å². The van der Waals surface area contributed by atoms with E-state index < -0.39 is 0 Å². The summed E-state index contributed by atoms with van der Waals surface area (Å²) in [5.74, 6) is -0.243. The molecule has 1 N–H and O–H groups in total. The lowest BCUT2D eigenvalue weighted by Gasteiger charge is -2.16. The third kappa shape index (κ3) is 4.61. The molecule has 0 atom stereocenters. The van der Waals surface area contributed by atoms with Gasteiger partial charge in [0.2, 0.25) is 0 Å². The van der Waals surface area contributed by atoms with Gasteiger partial charge >= 0.3 is 0 Å². The van der Waals surface area contributed by atoms with Gasteiger partial charge in [0.15, 0.2) is 5.13 Å². The van der Waals surface area contributed by atoms with Crippen LogP contribution in [0.2, 0.25) is 10.0 Å². The Labute approximate surface area is 172 Å². The molecule has 0 aliphatic heterocycles. The maximum atomic E-state index is 12.5. The fourth-order valence-corrected chi connectivity index (χ4v) is 3.90. The van der Waals surface area contributed by atoms with Crippen molar-refractivity contribution in [3.05, 3.63) is 63.5 Å². The molecule has 0 bridgehead atoms. The second-order valence-electron chi connectivity index (χ2n) is 5.85. The van der Waals surface area contributed by atoms with Gasteiger partial charge in [0.1, 0.15) is 0 Å². The van der Waals surface area contributed by atoms with E-state index in [-0.39, 0.29) is 5.91 Å². The highest BCUT2D eigenvalue weighted by Gasteiger charge is 2.12. The van der Waals surface area contributed by atoms with E-state index in [4.69, 9.17) is 28.2 Å². The molecule has 0 unspecified atom stereocenters. The fourth-order valence-electron chi connectivity index (χ4n) is 2.63. The molecule has 0 fully saturated rings. The molecule has 27 heavy (non-hydrogen) atoms. The first kappa shape index (κ1) is 19.7. The number of aromatic nitrogens is 1. The summed E-state index contributed by atoms with van der Waals surface area (Å²) >= 11 is 13.5. The minimum Gasteiger partial charge on any atom is -0.349 e. The van der Waals surface area contributed by atoms with Gasteiger partial charge < -0.3 is 10.2 Å². The lowest BCUT2D eigenvalue weighted by Crippen LogP contribution is -2.21. The zero-order valence-electron chi connectivity index (χ0n) is 15.0. The molecule has 7 heteroatoms. The molecule has 140 valence electrons. The van der Waals surface area contributed by atoms with Crippen LogP contribution in [0.15, 0.2) is 47.8 Å². The average molecular weight is 420 g/mol. The summed E-state index contributed by atoms with van der Waals surface area (Å²) in [5, 5.41) is 6.70. The molecule has 0 spiro atoms. The minimum absolute atomic E-state index is 0.243. The predicted molar refractivity (Wildman–Crippen MR) is 116 cm³/mol. The van der Waals surface area contributed by atoms with Gasteiger partial charge in [-0.3, -0.25) is 4.79 Å². The fraction of sp³-hybridized carbons (Fsp3) is 0.200. The molecule has 0 aliphatic carbocycles. The van der Waals surface area contributed by atoms with Gasteiger partial charge in [0, 0.05) is 35.3 Å². The molecular weight excluding hydrogens is 401 g/mol. The number of thiazole rings is 1. The maximum Gasteiger partial charge on any atom is 0.255 e. The highest BCUT2D eigenvalue weighted by atomic mass is 35.5. The molecule has 1 heterocycles. The van der Waals surface area contributed by atoms with E-state index in [0.717, 1.165) is 29.5 Å². The van der Waals surface area contributed by atoms with Gasteiger partial charge in [-0.05, 0) is 44.2 Å². The van der Waals surface area contributed by atoms with Crippen molar-refractivity contribution in [3.8, 4) is 11.3 Å². The maximum absolute atomic E-state index is 12.5. The van der Waals surface area contributed by atoms with Gasteiger partial charge in [0.25, 0.3) is 5.91 Å². The average Bonchev–Trinajstić information content (AvgIpc) is 3.15. The molecule has 0 saturated carbocycles. The molecule has 3 aromatic rings. The number of halogens is 2. The number of hydrogen-bond donors (Lipinski definition) is 1. The van der Waals surface area contributed by atoms with E-state index >= 15 is 0 Å². The number of anilines is 2. The molecule has 1 aromatic heterocycles. The summed E-state index contributed by atoms with van der Waals surface area (Å²) in [4.78, 5) is 19.4. The Morgan fingerprint density at radius 3 is 2.59 bits per heavy atom. The molecule has 0 aliphatic rings. The Bertz CT molecular complexity index is 954. The van der Waals surface area contributed by atoms with E-state index in [1.807, 2.05) is 29.6 Å². The lowest BCUT2D eigenvalue weighted by atomic mass is 10.1. The zero-order chi connectivity index (χ0) is 19.4. The molecule has 2 aromatic carbocycles. The molecule has 0 radical (unpaired) electrons. The Balaban J connectivity index is 1.79. The number of carbonyl (C=O) groups excluding carboxylic acids is 1. The van der Waals surface area contributed by atoms with Crippen LogP contribution in [0, 0.1) is 0 Å². The van der Waals surface area contributed by atoms with Crippen LogP contribution in [0.25, 0.3) is 11.3 Å². The number of nitrogens with zero attached hydrogens (tertiary/aromatic N) is 2. The van der Waals surface area contributed by atoms with Gasteiger partial charge in [-0.25, -0.2) is 4.98 Å². The summed E-state index contributed by atoms with van der Waals surface area (Å²) in [5.41, 5.74) is 3.00. The number of nitrogens with one attached hydrogen (secondary N) is 1. The van der Waals surface area contributed by atoms with Crippen molar-refractivity contribution < 1.29 is 4.79 Å². The van der Waals surface area contributed by atoms with Gasteiger partial charge in [0.05, 0.1) is 15.7 Å². The largest absolute Gasteiger partial charge is 0.349 e. The smallest absolute Gasteiger partial charge is 0.255 e. The Kier molecular flexibility index (Phi) is 6.37. The van der Waals surface area contributed by atoms with Crippen molar-refractivity contribution in [2.45, 2.75) is 13.8 Å². The van der Waals surface area contributed by atoms with Crippen molar-refractivity contribution in [1.82, 2.24) is 4.98 Å². The van der Waals surface area contributed by atoms with Crippen molar-refractivity contribution in [2.24, 2.45) is 0 Å². The van der Waals surface area contributed by atoms with Crippen LogP contribution in [-0.4, -0.2) is 24.0 Å². The standard InChI is InChI=1S/C20H19Cl2N3OS/c1-3-25(4-2)20-24-18(12-27-20)13-6-5-7-15(10-13)23-19(26)14-8-9-16(21)17(22)11-14/h5-12H,3-4H2,1-2H3,(H,23,26). The summed E-state index contributed by atoms with van der Waals surface area (Å²) < 4.78 is 0. The molecule has 1 amide bonds. The van der Waals surface area contributed by atoms with Crippen LogP contribution in [0.1, 0.15) is 24.2 Å². The SMILES string of the molecule is CCN(CC)c1nc(-c2cccc(NC(=O)c3ccc(Cl)c(Cl)c3)c2)cs1. The predicted octanol–water partition coefficient (Wildman–Crippen LogP) is 6.22. The van der Waals surface area contributed by atoms with Crippen molar-refractivity contribution in [3.63, 3.8) is 0 Å². The quantitative estimate of drug-likeness (QED) is 0.515. The molecule has 0 saturated heterocycles. The van der Waals surface area contributed by atoms with Crippen LogP contribution in [0.5, 0.6) is 0 Å². The van der Waals surface area contributed by atoms with Gasteiger partial charge in [-0.1, -0.05) is 35.3 Å². The number of hydrogen-bond acceptors (Lipinski definition) is 4. The normalized spacial score (nSPS) is 10.7. The first-order valence-corrected chi connectivity index (χ1v) is 10.2. The number of benzene rings is 2. The number of amides is 1. The van der Waals surface area contributed by atoms with E-state index in [2.05, 4.69) is 24.1 Å². The van der Waals surface area contributed by atoms with E-state index in [1.165, 1.54) is 0 Å². The van der Waals surface area contributed by atoms with Crippen LogP contribution in [0.3, 0.4) is 0 Å². The number of rotatable bonds is 6. The molecule has 3 rings (SSSR count). The van der Waals surface area contributed by atoms with E-state index in [1.54, 1.807) is 29.5 Å². The van der Waals surface area contributed by atoms with E-state index in [9.17, 15) is 4.79 Å². The summed E-state index contributed by atoms with van der Waals surface area (Å²) in [6, 6.07) is 12.4. The summed E-state index contributed by atoms with van der Waals surface area (Å²) in [6.07, 6.45) is 0. The minimum atomic E-state index is -0.243. The molecular formula is C20H19Cl2N3OS. The first-order valence-electron chi connectivity index (χ1n) is 8.59. The Morgan fingerprint density at radius 1 is 1.11 bits per heavy atom. The summed E-state index contributed by atoms with van der Waals surface area (Å²) in [6.45, 7) is 6.07. The second kappa shape index (κ2) is 8.74. The molecule has 4 nitrogen and oxygen atoms in total. The second-order valence-corrected chi connectivity index (χ2v) is 7.50. The van der Waals surface area contributed by atoms with Gasteiger partial charge in [-0.2, -0.15) is 0 Å². The third-order valence-electron chi connectivity index (χ3n) is 4.12. The Morgan fingerprint density at radius 2 is 1.89 bits per heavy atom. The lowest BCUT2D eigenvalue weighted by molar-refractivity contribution is 0.102. The van der Waals surface area contributed by atoms with E-state index in [0.29, 0.717) is 21.3 Å².